The summed E-state index contributed by atoms with van der Waals surface area (Å²) in [6, 6.07) is 71.5. The van der Waals surface area contributed by atoms with Gasteiger partial charge in [-0.05, 0) is 76.9 Å². The van der Waals surface area contributed by atoms with Crippen molar-refractivity contribution in [2.75, 3.05) is 0 Å². The zero-order chi connectivity index (χ0) is 41.4. The van der Waals surface area contributed by atoms with Gasteiger partial charge in [-0.25, -0.2) is 15.0 Å². The summed E-state index contributed by atoms with van der Waals surface area (Å²) in [6.45, 7) is 0. The zero-order valence-corrected chi connectivity index (χ0v) is 33.7. The number of aromatic nitrogens is 4. The summed E-state index contributed by atoms with van der Waals surface area (Å²) >= 11 is 0. The molecule has 6 nitrogen and oxygen atoms in total. The molecule has 0 saturated heterocycles. The molecule has 294 valence electrons. The third-order valence-corrected chi connectivity index (χ3v) is 12.2. The van der Waals surface area contributed by atoms with Gasteiger partial charge in [0.2, 0.25) is 0 Å². The fourth-order valence-corrected chi connectivity index (χ4v) is 9.37. The lowest BCUT2D eigenvalue weighted by Gasteiger charge is -2.11. The zero-order valence-electron chi connectivity index (χ0n) is 33.7. The summed E-state index contributed by atoms with van der Waals surface area (Å²) in [4.78, 5) is 15.6. The second-order valence-electron chi connectivity index (χ2n) is 15.9. The number of para-hydroxylation sites is 2. The molecule has 0 bridgehead atoms. The topological polar surface area (TPSA) is 69.9 Å². The molecule has 0 fully saturated rings. The molecule has 13 rings (SSSR count). The molecule has 13 aromatic rings. The first-order valence-electron chi connectivity index (χ1n) is 21.1. The lowest BCUT2D eigenvalue weighted by Crippen LogP contribution is -2.00. The van der Waals surface area contributed by atoms with Crippen molar-refractivity contribution in [2.45, 2.75) is 0 Å². The van der Waals surface area contributed by atoms with Crippen LogP contribution in [-0.2, 0) is 0 Å². The van der Waals surface area contributed by atoms with E-state index < -0.39 is 0 Å². The van der Waals surface area contributed by atoms with E-state index >= 15 is 0 Å². The van der Waals surface area contributed by atoms with Gasteiger partial charge in [-0.1, -0.05) is 146 Å². The van der Waals surface area contributed by atoms with Gasteiger partial charge in [-0.15, -0.1) is 0 Å². The SMILES string of the molecule is c1ccc(-c2ccc3c(c2)c2ccccc2n3-c2ccc3c(c2)oc2cccc(-c4nc(-c5ccccc5)nc(-c5cc(-c6ccccc6)c6c(c5)oc5ccccc56)n4)c23)cc1. The number of hydrogen-bond acceptors (Lipinski definition) is 5. The Balaban J connectivity index is 0.995. The van der Waals surface area contributed by atoms with Gasteiger partial charge in [-0.2, -0.15) is 0 Å². The quantitative estimate of drug-likeness (QED) is 0.167. The van der Waals surface area contributed by atoms with Crippen LogP contribution in [0, 0.1) is 0 Å². The van der Waals surface area contributed by atoms with Gasteiger partial charge in [0.1, 0.15) is 22.3 Å². The first-order valence-corrected chi connectivity index (χ1v) is 21.1. The summed E-state index contributed by atoms with van der Waals surface area (Å²) in [6.07, 6.45) is 0. The average molecular weight is 807 g/mol. The van der Waals surface area contributed by atoms with Crippen molar-refractivity contribution < 1.29 is 8.83 Å². The van der Waals surface area contributed by atoms with Gasteiger partial charge >= 0.3 is 0 Å². The lowest BCUT2D eigenvalue weighted by atomic mass is 9.97. The molecule has 0 atom stereocenters. The van der Waals surface area contributed by atoms with Gasteiger partial charge in [-0.3, -0.25) is 0 Å². The van der Waals surface area contributed by atoms with E-state index in [9.17, 15) is 0 Å². The predicted octanol–water partition coefficient (Wildman–Crippen LogP) is 15.1. The van der Waals surface area contributed by atoms with Crippen molar-refractivity contribution in [2.24, 2.45) is 0 Å². The summed E-state index contributed by atoms with van der Waals surface area (Å²) in [7, 11) is 0. The molecule has 0 unspecified atom stereocenters. The van der Waals surface area contributed by atoms with E-state index in [0.717, 1.165) is 88.4 Å². The standard InChI is InChI=1S/C57H34N4O2/c1-4-15-35(16-5-1)38-27-30-48-46(31-38)41-21-10-12-24-47(41)61(48)40-28-29-43-51(34-40)63-50-26-14-23-44(53(43)50)57-59-55(37-19-8-3-9-20-37)58-56(60-57)39-32-45(36-17-6-2-7-18-36)54-42-22-11-13-25-49(42)62-52(54)33-39/h1-34H. The molecule has 63 heavy (non-hydrogen) atoms. The molecule has 4 aromatic heterocycles. The number of nitrogens with zero attached hydrogens (tertiary/aromatic N) is 4. The second-order valence-corrected chi connectivity index (χ2v) is 15.9. The molecule has 0 amide bonds. The molecule has 4 heterocycles. The Morgan fingerprint density at radius 2 is 0.905 bits per heavy atom. The molecule has 9 aromatic carbocycles. The Bertz CT molecular complexity index is 3900. The molecular weight excluding hydrogens is 773 g/mol. The highest BCUT2D eigenvalue weighted by atomic mass is 16.3. The predicted molar refractivity (Wildman–Crippen MR) is 256 cm³/mol. The Labute approximate surface area is 361 Å². The van der Waals surface area contributed by atoms with Crippen LogP contribution in [0.5, 0.6) is 0 Å². The van der Waals surface area contributed by atoms with Gasteiger partial charge in [0.25, 0.3) is 0 Å². The van der Waals surface area contributed by atoms with E-state index in [2.05, 4.69) is 150 Å². The van der Waals surface area contributed by atoms with E-state index in [1.54, 1.807) is 0 Å². The number of fused-ring (bicyclic) bond motifs is 9. The summed E-state index contributed by atoms with van der Waals surface area (Å²) in [5, 5.41) is 6.46. The van der Waals surface area contributed by atoms with Crippen molar-refractivity contribution >= 4 is 65.7 Å². The van der Waals surface area contributed by atoms with Gasteiger partial charge in [0, 0.05) is 60.8 Å². The fourth-order valence-electron chi connectivity index (χ4n) is 9.37. The minimum Gasteiger partial charge on any atom is -0.456 e. The normalized spacial score (nSPS) is 11.8. The van der Waals surface area contributed by atoms with Crippen molar-refractivity contribution in [1.29, 1.82) is 0 Å². The van der Waals surface area contributed by atoms with Crippen molar-refractivity contribution in [3.05, 3.63) is 206 Å². The Hall–Kier alpha value is -8.61. The van der Waals surface area contributed by atoms with Crippen molar-refractivity contribution in [3.8, 4) is 62.1 Å². The third kappa shape index (κ3) is 5.69. The van der Waals surface area contributed by atoms with Crippen LogP contribution < -0.4 is 0 Å². The van der Waals surface area contributed by atoms with Crippen molar-refractivity contribution in [3.63, 3.8) is 0 Å². The van der Waals surface area contributed by atoms with Crippen molar-refractivity contribution in [1.82, 2.24) is 19.5 Å². The molecule has 0 N–H and O–H groups in total. The Morgan fingerprint density at radius 1 is 0.302 bits per heavy atom. The minimum absolute atomic E-state index is 0.548. The fraction of sp³-hybridized carbons (Fsp3) is 0. The van der Waals surface area contributed by atoms with Gasteiger partial charge < -0.3 is 13.4 Å². The number of rotatable bonds is 6. The molecule has 0 aliphatic heterocycles. The first-order chi connectivity index (χ1) is 31.2. The average Bonchev–Trinajstić information content (AvgIpc) is 4.03. The molecular formula is C57H34N4O2. The van der Waals surface area contributed by atoms with E-state index in [1.807, 2.05) is 60.7 Å². The maximum absolute atomic E-state index is 6.73. The lowest BCUT2D eigenvalue weighted by molar-refractivity contribution is 0.668. The van der Waals surface area contributed by atoms with Crippen LogP contribution in [0.25, 0.3) is 128 Å². The summed E-state index contributed by atoms with van der Waals surface area (Å²) in [5.74, 6) is 1.68. The van der Waals surface area contributed by atoms with Crippen LogP contribution in [0.1, 0.15) is 0 Å². The molecule has 0 aliphatic rings. The highest BCUT2D eigenvalue weighted by Crippen LogP contribution is 2.42. The second kappa shape index (κ2) is 14.0. The largest absolute Gasteiger partial charge is 0.456 e. The van der Waals surface area contributed by atoms with Crippen LogP contribution in [0.15, 0.2) is 215 Å². The van der Waals surface area contributed by atoms with E-state index in [1.165, 1.54) is 21.9 Å². The maximum atomic E-state index is 6.73. The molecule has 0 saturated carbocycles. The molecule has 0 aliphatic carbocycles. The Morgan fingerprint density at radius 3 is 1.71 bits per heavy atom. The number of furan rings is 2. The third-order valence-electron chi connectivity index (χ3n) is 12.2. The maximum Gasteiger partial charge on any atom is 0.164 e. The number of hydrogen-bond donors (Lipinski definition) is 0. The van der Waals surface area contributed by atoms with Crippen LogP contribution in [0.3, 0.4) is 0 Å². The smallest absolute Gasteiger partial charge is 0.164 e. The van der Waals surface area contributed by atoms with Crippen LogP contribution in [0.2, 0.25) is 0 Å². The monoisotopic (exact) mass is 806 g/mol. The van der Waals surface area contributed by atoms with Crippen LogP contribution in [0.4, 0.5) is 0 Å². The van der Waals surface area contributed by atoms with E-state index in [-0.39, 0.29) is 0 Å². The number of benzene rings is 9. The van der Waals surface area contributed by atoms with E-state index in [4.69, 9.17) is 23.8 Å². The summed E-state index contributed by atoms with van der Waals surface area (Å²) in [5.41, 5.74) is 13.5. The Kier molecular flexibility index (Phi) is 7.80. The molecule has 0 radical (unpaired) electrons. The van der Waals surface area contributed by atoms with Gasteiger partial charge in [0.15, 0.2) is 17.5 Å². The highest BCUT2D eigenvalue weighted by molar-refractivity contribution is 6.15. The minimum atomic E-state index is 0.548. The molecule has 6 heteroatoms. The van der Waals surface area contributed by atoms with Crippen LogP contribution in [-0.4, -0.2) is 19.5 Å². The molecule has 0 spiro atoms. The highest BCUT2D eigenvalue weighted by Gasteiger charge is 2.22. The van der Waals surface area contributed by atoms with E-state index in [0.29, 0.717) is 17.5 Å². The summed E-state index contributed by atoms with van der Waals surface area (Å²) < 4.78 is 15.6. The van der Waals surface area contributed by atoms with Gasteiger partial charge in [0.05, 0.1) is 11.0 Å². The first kappa shape index (κ1) is 35.2. The van der Waals surface area contributed by atoms with Crippen LogP contribution >= 0.6 is 0 Å².